The summed E-state index contributed by atoms with van der Waals surface area (Å²) in [6.07, 6.45) is 1.05. The van der Waals surface area contributed by atoms with Crippen LogP contribution in [0, 0.1) is 0 Å². The number of nitrogens with two attached hydrogens (primary N) is 1. The maximum absolute atomic E-state index is 5.59. The van der Waals surface area contributed by atoms with E-state index in [2.05, 4.69) is 36.2 Å². The van der Waals surface area contributed by atoms with Gasteiger partial charge in [-0.2, -0.15) is 0 Å². The van der Waals surface area contributed by atoms with Gasteiger partial charge in [0, 0.05) is 10.9 Å². The normalized spacial score (nSPS) is 10.4. The van der Waals surface area contributed by atoms with Gasteiger partial charge in [0.2, 0.25) is 0 Å². The molecule has 0 unspecified atom stereocenters. The van der Waals surface area contributed by atoms with Gasteiger partial charge in [-0.05, 0) is 18.1 Å². The monoisotopic (exact) mass is 204 g/mol. The number of rotatable bonds is 2. The summed E-state index contributed by atoms with van der Waals surface area (Å²) in [4.78, 5) is 4.25. The Morgan fingerprint density at radius 1 is 1.43 bits per heavy atom. The van der Waals surface area contributed by atoms with E-state index in [1.165, 1.54) is 16.9 Å². The first kappa shape index (κ1) is 9.21. The number of anilines is 1. The maximum atomic E-state index is 5.59. The van der Waals surface area contributed by atoms with Crippen molar-refractivity contribution in [3.05, 3.63) is 35.2 Å². The van der Waals surface area contributed by atoms with Gasteiger partial charge in [0.05, 0.1) is 5.69 Å². The predicted molar refractivity (Wildman–Crippen MR) is 61.3 cm³/mol. The summed E-state index contributed by atoms with van der Waals surface area (Å²) in [6.45, 7) is 2.15. The molecule has 2 N–H and O–H groups in total. The van der Waals surface area contributed by atoms with Crippen molar-refractivity contribution in [2.75, 3.05) is 5.73 Å². The molecule has 1 aromatic carbocycles. The average molecular weight is 204 g/mol. The Kier molecular flexibility index (Phi) is 2.50. The molecule has 1 aromatic heterocycles. The summed E-state index contributed by atoms with van der Waals surface area (Å²) in [5.41, 5.74) is 9.05. The van der Waals surface area contributed by atoms with Crippen LogP contribution in [0.25, 0.3) is 11.3 Å². The molecule has 0 radical (unpaired) electrons. The van der Waals surface area contributed by atoms with E-state index in [9.17, 15) is 0 Å². The third-order valence-corrected chi connectivity index (χ3v) is 2.83. The van der Waals surface area contributed by atoms with Crippen LogP contribution in [0.15, 0.2) is 29.6 Å². The second-order valence-corrected chi connectivity index (χ2v) is 4.01. The highest BCUT2D eigenvalue weighted by Crippen LogP contribution is 2.23. The molecule has 0 aliphatic carbocycles. The van der Waals surface area contributed by atoms with Crippen LogP contribution >= 0.6 is 11.3 Å². The van der Waals surface area contributed by atoms with Gasteiger partial charge in [0.15, 0.2) is 5.13 Å². The second kappa shape index (κ2) is 3.80. The summed E-state index contributed by atoms with van der Waals surface area (Å²) in [5.74, 6) is 0. The van der Waals surface area contributed by atoms with Gasteiger partial charge in [-0.3, -0.25) is 0 Å². The predicted octanol–water partition coefficient (Wildman–Crippen LogP) is 2.95. The van der Waals surface area contributed by atoms with Crippen molar-refractivity contribution in [1.82, 2.24) is 4.98 Å². The molecule has 2 aromatic rings. The lowest BCUT2D eigenvalue weighted by Gasteiger charge is -1.99. The Bertz CT molecular complexity index is 434. The summed E-state index contributed by atoms with van der Waals surface area (Å²) in [5, 5.41) is 2.62. The molecule has 0 aliphatic rings. The Morgan fingerprint density at radius 2 is 2.29 bits per heavy atom. The Labute approximate surface area is 87.4 Å². The lowest BCUT2D eigenvalue weighted by molar-refractivity contribution is 1.14. The van der Waals surface area contributed by atoms with E-state index >= 15 is 0 Å². The first-order chi connectivity index (χ1) is 6.79. The van der Waals surface area contributed by atoms with Gasteiger partial charge >= 0.3 is 0 Å². The number of aryl methyl sites for hydroxylation is 1. The highest BCUT2D eigenvalue weighted by molar-refractivity contribution is 7.13. The van der Waals surface area contributed by atoms with E-state index in [1.54, 1.807) is 0 Å². The van der Waals surface area contributed by atoms with Crippen LogP contribution in [0.4, 0.5) is 5.13 Å². The van der Waals surface area contributed by atoms with E-state index in [1.807, 2.05) is 5.38 Å². The van der Waals surface area contributed by atoms with Crippen LogP contribution in [0.1, 0.15) is 12.5 Å². The third kappa shape index (κ3) is 1.77. The van der Waals surface area contributed by atoms with Crippen molar-refractivity contribution in [3.63, 3.8) is 0 Å². The number of hydrogen-bond acceptors (Lipinski definition) is 3. The van der Waals surface area contributed by atoms with Crippen molar-refractivity contribution in [1.29, 1.82) is 0 Å². The summed E-state index contributed by atoms with van der Waals surface area (Å²) in [6, 6.07) is 8.41. The van der Waals surface area contributed by atoms with Crippen LogP contribution in [0.3, 0.4) is 0 Å². The zero-order valence-corrected chi connectivity index (χ0v) is 8.84. The minimum Gasteiger partial charge on any atom is -0.375 e. The van der Waals surface area contributed by atoms with Crippen LogP contribution in [-0.2, 0) is 6.42 Å². The maximum Gasteiger partial charge on any atom is 0.180 e. The third-order valence-electron chi connectivity index (χ3n) is 2.15. The SMILES string of the molecule is CCc1cccc(-c2csc(N)n2)c1. The summed E-state index contributed by atoms with van der Waals surface area (Å²) in [7, 11) is 0. The Morgan fingerprint density at radius 3 is 2.93 bits per heavy atom. The highest BCUT2D eigenvalue weighted by atomic mass is 32.1. The topological polar surface area (TPSA) is 38.9 Å². The number of nitrogen functional groups attached to an aromatic ring is 1. The number of thiazole rings is 1. The minimum absolute atomic E-state index is 0.627. The number of nitrogens with zero attached hydrogens (tertiary/aromatic N) is 1. The smallest absolute Gasteiger partial charge is 0.180 e. The molecule has 0 saturated heterocycles. The van der Waals surface area contributed by atoms with E-state index in [4.69, 9.17) is 5.73 Å². The van der Waals surface area contributed by atoms with Crippen molar-refractivity contribution in [2.45, 2.75) is 13.3 Å². The van der Waals surface area contributed by atoms with Gasteiger partial charge in [-0.1, -0.05) is 25.1 Å². The largest absolute Gasteiger partial charge is 0.375 e. The van der Waals surface area contributed by atoms with E-state index in [-0.39, 0.29) is 0 Å². The van der Waals surface area contributed by atoms with Gasteiger partial charge in [-0.15, -0.1) is 11.3 Å². The van der Waals surface area contributed by atoms with Crippen molar-refractivity contribution in [2.24, 2.45) is 0 Å². The van der Waals surface area contributed by atoms with E-state index in [0.29, 0.717) is 5.13 Å². The molecule has 72 valence electrons. The summed E-state index contributed by atoms with van der Waals surface area (Å²) >= 11 is 1.48. The Hall–Kier alpha value is -1.35. The van der Waals surface area contributed by atoms with E-state index in [0.717, 1.165) is 17.7 Å². The fourth-order valence-electron chi connectivity index (χ4n) is 1.37. The first-order valence-corrected chi connectivity index (χ1v) is 5.48. The van der Waals surface area contributed by atoms with E-state index < -0.39 is 0 Å². The average Bonchev–Trinajstić information content (AvgIpc) is 2.65. The molecule has 14 heavy (non-hydrogen) atoms. The fourth-order valence-corrected chi connectivity index (χ4v) is 1.94. The minimum atomic E-state index is 0.627. The highest BCUT2D eigenvalue weighted by Gasteiger charge is 2.02. The second-order valence-electron chi connectivity index (χ2n) is 3.12. The van der Waals surface area contributed by atoms with Crippen molar-refractivity contribution < 1.29 is 0 Å². The molecule has 3 heteroatoms. The molecule has 0 spiro atoms. The molecule has 0 atom stereocenters. The van der Waals surface area contributed by atoms with Gasteiger partial charge < -0.3 is 5.73 Å². The molecule has 2 nitrogen and oxygen atoms in total. The molecule has 0 aliphatic heterocycles. The number of hydrogen-bond donors (Lipinski definition) is 1. The van der Waals surface area contributed by atoms with Crippen LogP contribution < -0.4 is 5.73 Å². The molecule has 0 amide bonds. The molecule has 1 heterocycles. The zero-order chi connectivity index (χ0) is 9.97. The molecule has 0 fully saturated rings. The molecule has 0 bridgehead atoms. The lowest BCUT2D eigenvalue weighted by atomic mass is 10.1. The van der Waals surface area contributed by atoms with Crippen LogP contribution in [0.5, 0.6) is 0 Å². The summed E-state index contributed by atoms with van der Waals surface area (Å²) < 4.78 is 0. The van der Waals surface area contributed by atoms with Crippen LogP contribution in [-0.4, -0.2) is 4.98 Å². The molecular weight excluding hydrogens is 192 g/mol. The standard InChI is InChI=1S/C11H12N2S/c1-2-8-4-3-5-9(6-8)10-7-14-11(12)13-10/h3-7H,2H2,1H3,(H2,12,13). The molecule has 0 saturated carbocycles. The molecule has 2 rings (SSSR count). The van der Waals surface area contributed by atoms with Gasteiger partial charge in [0.25, 0.3) is 0 Å². The quantitative estimate of drug-likeness (QED) is 0.816. The number of aromatic nitrogens is 1. The van der Waals surface area contributed by atoms with Crippen molar-refractivity contribution >= 4 is 16.5 Å². The Balaban J connectivity index is 2.41. The van der Waals surface area contributed by atoms with Crippen LogP contribution in [0.2, 0.25) is 0 Å². The number of benzene rings is 1. The van der Waals surface area contributed by atoms with Gasteiger partial charge in [-0.25, -0.2) is 4.98 Å². The van der Waals surface area contributed by atoms with Crippen molar-refractivity contribution in [3.8, 4) is 11.3 Å². The molecular formula is C11H12N2S. The lowest BCUT2D eigenvalue weighted by Crippen LogP contribution is -1.84. The van der Waals surface area contributed by atoms with Gasteiger partial charge in [0.1, 0.15) is 0 Å². The fraction of sp³-hybridized carbons (Fsp3) is 0.182. The first-order valence-electron chi connectivity index (χ1n) is 4.60. The zero-order valence-electron chi connectivity index (χ0n) is 8.03.